The van der Waals surface area contributed by atoms with Crippen LogP contribution in [0, 0.1) is 0 Å². The molecular formula is C11H14N2O. The number of hydrogen-bond donors (Lipinski definition) is 2. The van der Waals surface area contributed by atoms with Gasteiger partial charge in [0, 0.05) is 12.6 Å². The minimum absolute atomic E-state index is 0.0589. The zero-order chi connectivity index (χ0) is 9.80. The molecule has 0 unspecified atom stereocenters. The minimum atomic E-state index is -0.0589. The van der Waals surface area contributed by atoms with E-state index in [9.17, 15) is 4.79 Å². The van der Waals surface area contributed by atoms with Crippen molar-refractivity contribution < 1.29 is 4.79 Å². The normalized spacial score (nSPS) is 14.9. The van der Waals surface area contributed by atoms with Crippen molar-refractivity contribution in [2.45, 2.75) is 25.4 Å². The van der Waals surface area contributed by atoms with Gasteiger partial charge in [0.05, 0.1) is 0 Å². The Hall–Kier alpha value is -1.51. The van der Waals surface area contributed by atoms with Crippen molar-refractivity contribution in [3.05, 3.63) is 35.9 Å². The fourth-order valence-corrected chi connectivity index (χ4v) is 1.24. The van der Waals surface area contributed by atoms with Gasteiger partial charge in [0.2, 0.25) is 0 Å². The molecule has 0 atom stereocenters. The van der Waals surface area contributed by atoms with Crippen molar-refractivity contribution in [1.29, 1.82) is 0 Å². The van der Waals surface area contributed by atoms with Gasteiger partial charge in [-0.2, -0.15) is 0 Å². The van der Waals surface area contributed by atoms with Crippen LogP contribution in [0.25, 0.3) is 0 Å². The van der Waals surface area contributed by atoms with Crippen LogP contribution in [0.2, 0.25) is 0 Å². The highest BCUT2D eigenvalue weighted by Crippen LogP contribution is 2.18. The highest BCUT2D eigenvalue weighted by atomic mass is 16.2. The van der Waals surface area contributed by atoms with Gasteiger partial charge < -0.3 is 10.6 Å². The second kappa shape index (κ2) is 4.13. The van der Waals surface area contributed by atoms with E-state index in [1.165, 1.54) is 0 Å². The highest BCUT2D eigenvalue weighted by Gasteiger charge is 2.22. The summed E-state index contributed by atoms with van der Waals surface area (Å²) in [6.07, 6.45) is 2.25. The van der Waals surface area contributed by atoms with Crippen LogP contribution in [0.4, 0.5) is 4.79 Å². The number of nitrogens with one attached hydrogen (secondary N) is 2. The molecule has 3 heteroatoms. The van der Waals surface area contributed by atoms with Gasteiger partial charge in [-0.25, -0.2) is 4.79 Å². The van der Waals surface area contributed by atoms with E-state index < -0.39 is 0 Å². The van der Waals surface area contributed by atoms with Crippen molar-refractivity contribution in [3.8, 4) is 0 Å². The lowest BCUT2D eigenvalue weighted by atomic mass is 10.2. The Kier molecular flexibility index (Phi) is 2.68. The molecule has 1 aromatic carbocycles. The Bertz CT molecular complexity index is 306. The lowest BCUT2D eigenvalue weighted by molar-refractivity contribution is 0.240. The first-order valence-electron chi connectivity index (χ1n) is 4.93. The first-order valence-corrected chi connectivity index (χ1v) is 4.93. The Morgan fingerprint density at radius 2 is 2.00 bits per heavy atom. The average Bonchev–Trinajstić information content (AvgIpc) is 3.00. The molecule has 0 saturated heterocycles. The zero-order valence-electron chi connectivity index (χ0n) is 7.99. The van der Waals surface area contributed by atoms with Gasteiger partial charge in [0.25, 0.3) is 0 Å². The third-order valence-electron chi connectivity index (χ3n) is 2.21. The number of rotatable bonds is 3. The maximum Gasteiger partial charge on any atom is 0.315 e. The Morgan fingerprint density at radius 3 is 2.64 bits per heavy atom. The van der Waals surface area contributed by atoms with Crippen molar-refractivity contribution in [2.75, 3.05) is 0 Å². The molecule has 0 aromatic heterocycles. The molecule has 1 aromatic rings. The van der Waals surface area contributed by atoms with Crippen LogP contribution >= 0.6 is 0 Å². The molecule has 1 fully saturated rings. The Balaban J connectivity index is 1.73. The quantitative estimate of drug-likeness (QED) is 0.747. The van der Waals surface area contributed by atoms with Gasteiger partial charge in [-0.15, -0.1) is 0 Å². The van der Waals surface area contributed by atoms with Crippen LogP contribution in [0.5, 0.6) is 0 Å². The summed E-state index contributed by atoms with van der Waals surface area (Å²) >= 11 is 0. The van der Waals surface area contributed by atoms with Gasteiger partial charge in [0.1, 0.15) is 0 Å². The zero-order valence-corrected chi connectivity index (χ0v) is 7.99. The van der Waals surface area contributed by atoms with Gasteiger partial charge in [-0.05, 0) is 18.4 Å². The molecule has 1 aliphatic rings. The van der Waals surface area contributed by atoms with Crippen LogP contribution in [-0.4, -0.2) is 12.1 Å². The summed E-state index contributed by atoms with van der Waals surface area (Å²) in [4.78, 5) is 11.2. The number of carbonyl (C=O) groups excluding carboxylic acids is 1. The van der Waals surface area contributed by atoms with Crippen molar-refractivity contribution in [3.63, 3.8) is 0 Å². The SMILES string of the molecule is O=C(NCc1ccccc1)NC1CC1. The largest absolute Gasteiger partial charge is 0.335 e. The van der Waals surface area contributed by atoms with E-state index in [0.717, 1.165) is 18.4 Å². The summed E-state index contributed by atoms with van der Waals surface area (Å²) < 4.78 is 0. The number of hydrogen-bond acceptors (Lipinski definition) is 1. The summed E-state index contributed by atoms with van der Waals surface area (Å²) in [5.74, 6) is 0. The summed E-state index contributed by atoms with van der Waals surface area (Å²) in [7, 11) is 0. The maximum absolute atomic E-state index is 11.2. The summed E-state index contributed by atoms with van der Waals surface area (Å²) in [6, 6.07) is 10.3. The van der Waals surface area contributed by atoms with Crippen molar-refractivity contribution in [2.24, 2.45) is 0 Å². The highest BCUT2D eigenvalue weighted by molar-refractivity contribution is 5.74. The van der Waals surface area contributed by atoms with E-state index in [4.69, 9.17) is 0 Å². The molecule has 0 aliphatic heterocycles. The van der Waals surface area contributed by atoms with Gasteiger partial charge >= 0.3 is 6.03 Å². The maximum atomic E-state index is 11.2. The molecular weight excluding hydrogens is 176 g/mol. The van der Waals surface area contributed by atoms with E-state index in [-0.39, 0.29) is 6.03 Å². The first kappa shape index (κ1) is 9.06. The molecule has 14 heavy (non-hydrogen) atoms. The Morgan fingerprint density at radius 1 is 1.29 bits per heavy atom. The fourth-order valence-electron chi connectivity index (χ4n) is 1.24. The molecule has 0 bridgehead atoms. The molecule has 3 nitrogen and oxygen atoms in total. The number of amides is 2. The van der Waals surface area contributed by atoms with Gasteiger partial charge in [-0.1, -0.05) is 30.3 Å². The van der Waals surface area contributed by atoms with Crippen LogP contribution < -0.4 is 10.6 Å². The summed E-state index contributed by atoms with van der Waals surface area (Å²) in [6.45, 7) is 0.597. The van der Waals surface area contributed by atoms with Crippen LogP contribution in [-0.2, 0) is 6.54 Å². The third kappa shape index (κ3) is 2.76. The average molecular weight is 190 g/mol. The van der Waals surface area contributed by atoms with Gasteiger partial charge in [-0.3, -0.25) is 0 Å². The predicted octanol–water partition coefficient (Wildman–Crippen LogP) is 1.65. The molecule has 2 amide bonds. The second-order valence-electron chi connectivity index (χ2n) is 3.59. The number of carbonyl (C=O) groups is 1. The van der Waals surface area contributed by atoms with Gasteiger partial charge in [0.15, 0.2) is 0 Å². The van der Waals surface area contributed by atoms with Crippen LogP contribution in [0.15, 0.2) is 30.3 Å². The number of urea groups is 1. The summed E-state index contributed by atoms with van der Waals surface area (Å²) in [5, 5.41) is 5.69. The van der Waals surface area contributed by atoms with E-state index in [2.05, 4.69) is 10.6 Å². The third-order valence-corrected chi connectivity index (χ3v) is 2.21. The molecule has 0 spiro atoms. The fraction of sp³-hybridized carbons (Fsp3) is 0.364. The van der Waals surface area contributed by atoms with E-state index in [1.807, 2.05) is 30.3 Å². The topological polar surface area (TPSA) is 41.1 Å². The molecule has 74 valence electrons. The van der Waals surface area contributed by atoms with Crippen LogP contribution in [0.3, 0.4) is 0 Å². The standard InChI is InChI=1S/C11H14N2O/c14-11(13-10-6-7-10)12-8-9-4-2-1-3-5-9/h1-5,10H,6-8H2,(H2,12,13,14). The van der Waals surface area contributed by atoms with E-state index in [1.54, 1.807) is 0 Å². The molecule has 2 rings (SSSR count). The van der Waals surface area contributed by atoms with E-state index in [0.29, 0.717) is 12.6 Å². The molecule has 1 saturated carbocycles. The number of benzene rings is 1. The monoisotopic (exact) mass is 190 g/mol. The molecule has 2 N–H and O–H groups in total. The minimum Gasteiger partial charge on any atom is -0.335 e. The second-order valence-corrected chi connectivity index (χ2v) is 3.59. The summed E-state index contributed by atoms with van der Waals surface area (Å²) in [5.41, 5.74) is 1.12. The first-order chi connectivity index (χ1) is 6.84. The molecule has 0 radical (unpaired) electrons. The molecule has 1 aliphatic carbocycles. The van der Waals surface area contributed by atoms with Crippen molar-refractivity contribution in [1.82, 2.24) is 10.6 Å². The van der Waals surface area contributed by atoms with E-state index >= 15 is 0 Å². The lowest BCUT2D eigenvalue weighted by Crippen LogP contribution is -2.36. The lowest BCUT2D eigenvalue weighted by Gasteiger charge is -2.05. The smallest absolute Gasteiger partial charge is 0.315 e. The Labute approximate surface area is 83.5 Å². The van der Waals surface area contributed by atoms with Crippen LogP contribution in [0.1, 0.15) is 18.4 Å². The van der Waals surface area contributed by atoms with Crippen molar-refractivity contribution >= 4 is 6.03 Å². The molecule has 0 heterocycles. The predicted molar refractivity (Wildman–Crippen MR) is 54.8 cm³/mol.